The van der Waals surface area contributed by atoms with E-state index < -0.39 is 0 Å². The predicted octanol–water partition coefficient (Wildman–Crippen LogP) is 7.82. The highest BCUT2D eigenvalue weighted by atomic mass is 16.6. The molecule has 0 heterocycles. The molecule has 0 saturated carbocycles. The van der Waals surface area contributed by atoms with Crippen LogP contribution in [-0.2, 0) is 18.9 Å². The monoisotopic (exact) mass is 501 g/mol. The van der Waals surface area contributed by atoms with Crippen molar-refractivity contribution in [3.8, 4) is 0 Å². The molecule has 0 fully saturated rings. The van der Waals surface area contributed by atoms with E-state index in [4.69, 9.17) is 18.9 Å². The van der Waals surface area contributed by atoms with Gasteiger partial charge in [0.15, 0.2) is 0 Å². The summed E-state index contributed by atoms with van der Waals surface area (Å²) in [6.45, 7) is 13.4. The van der Waals surface area contributed by atoms with E-state index in [0.29, 0.717) is 26.4 Å². The predicted molar refractivity (Wildman–Crippen MR) is 146 cm³/mol. The van der Waals surface area contributed by atoms with Crippen LogP contribution in [0, 0.1) is 0 Å². The molecular formula is C29H59NO5. The summed E-state index contributed by atoms with van der Waals surface area (Å²) in [5.74, 6) is 0. The van der Waals surface area contributed by atoms with Crippen molar-refractivity contribution >= 4 is 6.09 Å². The molecule has 0 radical (unpaired) electrons. The molecule has 35 heavy (non-hydrogen) atoms. The molecule has 0 aliphatic carbocycles. The Labute approximate surface area is 217 Å². The van der Waals surface area contributed by atoms with Crippen molar-refractivity contribution in [1.29, 1.82) is 0 Å². The number of carbonyl (C=O) groups is 1. The smallest absolute Gasteiger partial charge is 0.407 e. The summed E-state index contributed by atoms with van der Waals surface area (Å²) in [5.41, 5.74) is -0.554. The van der Waals surface area contributed by atoms with E-state index >= 15 is 0 Å². The van der Waals surface area contributed by atoms with Crippen LogP contribution >= 0.6 is 0 Å². The summed E-state index contributed by atoms with van der Waals surface area (Å²) in [7, 11) is 1.69. The molecule has 0 atom stereocenters. The van der Waals surface area contributed by atoms with Crippen molar-refractivity contribution in [2.24, 2.45) is 0 Å². The first-order valence-electron chi connectivity index (χ1n) is 14.4. The molecule has 0 saturated heterocycles. The van der Waals surface area contributed by atoms with Gasteiger partial charge in [-0.25, -0.2) is 4.79 Å². The van der Waals surface area contributed by atoms with Gasteiger partial charge in [0.05, 0.1) is 24.4 Å². The number of ether oxygens (including phenoxy) is 4. The second kappa shape index (κ2) is 22.4. The lowest BCUT2D eigenvalue weighted by atomic mass is 10.0. The zero-order valence-corrected chi connectivity index (χ0v) is 24.2. The zero-order valence-electron chi connectivity index (χ0n) is 24.2. The minimum atomic E-state index is -0.356. The number of alkyl carbamates (subject to hydrolysis) is 1. The van der Waals surface area contributed by atoms with Crippen LogP contribution in [0.15, 0.2) is 0 Å². The number of amides is 1. The van der Waals surface area contributed by atoms with E-state index in [9.17, 15) is 4.79 Å². The summed E-state index contributed by atoms with van der Waals surface area (Å²) < 4.78 is 22.3. The maximum atomic E-state index is 11.8. The van der Waals surface area contributed by atoms with Gasteiger partial charge in [0.1, 0.15) is 0 Å². The molecular weight excluding hydrogens is 442 g/mol. The van der Waals surface area contributed by atoms with Gasteiger partial charge >= 0.3 is 6.09 Å². The lowest BCUT2D eigenvalue weighted by Gasteiger charge is -2.31. The lowest BCUT2D eigenvalue weighted by Crippen LogP contribution is -2.36. The fourth-order valence-corrected chi connectivity index (χ4v) is 3.73. The van der Waals surface area contributed by atoms with Gasteiger partial charge in [0, 0.05) is 33.3 Å². The molecule has 6 heteroatoms. The molecule has 6 nitrogen and oxygen atoms in total. The largest absolute Gasteiger partial charge is 0.449 e. The molecule has 0 unspecified atom stereocenters. The Bertz CT molecular complexity index is 482. The molecule has 0 aliphatic heterocycles. The van der Waals surface area contributed by atoms with Crippen molar-refractivity contribution in [2.45, 2.75) is 142 Å². The Morgan fingerprint density at radius 3 is 1.80 bits per heavy atom. The first-order chi connectivity index (χ1) is 16.7. The number of rotatable bonds is 25. The number of hydrogen-bond acceptors (Lipinski definition) is 5. The van der Waals surface area contributed by atoms with Gasteiger partial charge < -0.3 is 24.3 Å². The Morgan fingerprint density at radius 2 is 1.23 bits per heavy atom. The second-order valence-electron chi connectivity index (χ2n) is 11.0. The van der Waals surface area contributed by atoms with Crippen LogP contribution in [0.25, 0.3) is 0 Å². The summed E-state index contributed by atoms with van der Waals surface area (Å²) in [5, 5.41) is 2.81. The van der Waals surface area contributed by atoms with Crippen LogP contribution in [0.3, 0.4) is 0 Å². The molecule has 0 spiro atoms. The molecule has 210 valence electrons. The fraction of sp³-hybridized carbons (Fsp3) is 0.966. The Hall–Kier alpha value is -0.850. The minimum absolute atomic E-state index is 0.258. The number of unbranched alkanes of at least 4 members (excludes halogenated alkanes) is 11. The Kier molecular flexibility index (Phi) is 21.8. The summed E-state index contributed by atoms with van der Waals surface area (Å²) >= 11 is 0. The van der Waals surface area contributed by atoms with E-state index in [2.05, 4.69) is 26.1 Å². The average molecular weight is 502 g/mol. The number of nitrogens with one attached hydrogen (secondary N) is 1. The van der Waals surface area contributed by atoms with E-state index in [1.165, 1.54) is 70.6 Å². The normalized spacial score (nSPS) is 12.2. The van der Waals surface area contributed by atoms with Gasteiger partial charge in [-0.2, -0.15) is 0 Å². The van der Waals surface area contributed by atoms with Gasteiger partial charge in [-0.15, -0.1) is 0 Å². The fourth-order valence-electron chi connectivity index (χ4n) is 3.73. The highest BCUT2D eigenvalue weighted by Crippen LogP contribution is 2.20. The van der Waals surface area contributed by atoms with Gasteiger partial charge in [-0.05, 0) is 47.0 Å². The Morgan fingerprint density at radius 1 is 0.686 bits per heavy atom. The summed E-state index contributed by atoms with van der Waals surface area (Å²) in [6.07, 6.45) is 18.3. The van der Waals surface area contributed by atoms with Crippen LogP contribution in [0.1, 0.15) is 131 Å². The zero-order chi connectivity index (χ0) is 26.3. The molecule has 0 bridgehead atoms. The quantitative estimate of drug-likeness (QED) is 0.129. The van der Waals surface area contributed by atoms with Crippen molar-refractivity contribution in [3.05, 3.63) is 0 Å². The van der Waals surface area contributed by atoms with E-state index in [0.717, 1.165) is 32.3 Å². The van der Waals surface area contributed by atoms with Crippen LogP contribution in [-0.4, -0.2) is 57.4 Å². The van der Waals surface area contributed by atoms with Crippen molar-refractivity contribution in [2.75, 3.05) is 40.1 Å². The van der Waals surface area contributed by atoms with Gasteiger partial charge in [-0.3, -0.25) is 0 Å². The maximum Gasteiger partial charge on any atom is 0.407 e. The maximum absolute atomic E-state index is 11.8. The molecule has 0 aromatic carbocycles. The average Bonchev–Trinajstić information content (AvgIpc) is 2.83. The highest BCUT2D eigenvalue weighted by molar-refractivity contribution is 5.66. The summed E-state index contributed by atoms with van der Waals surface area (Å²) in [4.78, 5) is 11.8. The van der Waals surface area contributed by atoms with Gasteiger partial charge in [-0.1, -0.05) is 77.6 Å². The second-order valence-corrected chi connectivity index (χ2v) is 11.0. The third kappa shape index (κ3) is 24.6. The lowest BCUT2D eigenvalue weighted by molar-refractivity contribution is -0.109. The van der Waals surface area contributed by atoms with E-state index in [1.807, 2.05) is 13.8 Å². The summed E-state index contributed by atoms with van der Waals surface area (Å²) in [6, 6.07) is 0. The topological polar surface area (TPSA) is 66.0 Å². The first kappa shape index (κ1) is 34.1. The third-order valence-electron chi connectivity index (χ3n) is 6.40. The molecule has 1 amide bonds. The third-order valence-corrected chi connectivity index (χ3v) is 6.40. The molecule has 0 aromatic heterocycles. The van der Waals surface area contributed by atoms with Crippen molar-refractivity contribution < 1.29 is 23.7 Å². The Balaban J connectivity index is 3.39. The number of methoxy groups -OCH3 is 1. The minimum Gasteiger partial charge on any atom is -0.449 e. The van der Waals surface area contributed by atoms with Gasteiger partial charge in [0.2, 0.25) is 0 Å². The molecule has 0 rings (SSSR count). The molecule has 1 N–H and O–H groups in total. The number of hydrogen-bond donors (Lipinski definition) is 1. The van der Waals surface area contributed by atoms with Crippen LogP contribution in [0.4, 0.5) is 4.79 Å². The van der Waals surface area contributed by atoms with Gasteiger partial charge in [0.25, 0.3) is 0 Å². The van der Waals surface area contributed by atoms with E-state index in [-0.39, 0.29) is 17.3 Å². The van der Waals surface area contributed by atoms with Crippen LogP contribution < -0.4 is 5.32 Å². The SMILES string of the molecule is CCCCCCCCCCCCCCOCCCOC(=O)NCCCC(C)(C)OCC(C)(C)OC. The first-order valence-corrected chi connectivity index (χ1v) is 14.4. The van der Waals surface area contributed by atoms with E-state index in [1.54, 1.807) is 7.11 Å². The molecule has 0 aromatic rings. The van der Waals surface area contributed by atoms with Crippen LogP contribution in [0.5, 0.6) is 0 Å². The molecule has 0 aliphatic rings. The van der Waals surface area contributed by atoms with Crippen LogP contribution in [0.2, 0.25) is 0 Å². The van der Waals surface area contributed by atoms with Crippen molar-refractivity contribution in [3.63, 3.8) is 0 Å². The van der Waals surface area contributed by atoms with Crippen molar-refractivity contribution in [1.82, 2.24) is 5.32 Å². The standard InChI is InChI=1S/C29H59NO5/c1-7-8-9-10-11-12-13-14-15-16-17-18-23-33-24-20-25-34-27(31)30-22-19-21-28(2,3)35-26-29(4,5)32-6/h7-26H2,1-6H3,(H,30,31). The highest BCUT2D eigenvalue weighted by Gasteiger charge is 2.24. The number of carbonyl (C=O) groups excluding carboxylic acids is 1.